The largest absolute Gasteiger partial charge is 0.493 e. The Hall–Kier alpha value is -1.05. The van der Waals surface area contributed by atoms with E-state index in [9.17, 15) is 4.79 Å². The van der Waals surface area contributed by atoms with E-state index >= 15 is 0 Å². The number of carbonyl (C=O) groups is 1. The second-order valence-corrected chi connectivity index (χ2v) is 3.53. The van der Waals surface area contributed by atoms with Gasteiger partial charge in [-0.3, -0.25) is 4.79 Å². The van der Waals surface area contributed by atoms with Crippen LogP contribution in [-0.2, 0) is 9.53 Å². The van der Waals surface area contributed by atoms with Gasteiger partial charge in [0, 0.05) is 12.5 Å². The van der Waals surface area contributed by atoms with Crippen LogP contribution in [0, 0.1) is 0 Å². The number of rotatable bonds is 6. The quantitative estimate of drug-likeness (QED) is 0.607. The van der Waals surface area contributed by atoms with Gasteiger partial charge in [-0.25, -0.2) is 0 Å². The van der Waals surface area contributed by atoms with Crippen molar-refractivity contribution in [3.05, 3.63) is 24.0 Å². The molecule has 14 heavy (non-hydrogen) atoms. The summed E-state index contributed by atoms with van der Waals surface area (Å²) in [5.41, 5.74) is 0. The van der Waals surface area contributed by atoms with Crippen LogP contribution >= 0.6 is 0 Å². The molecule has 0 aliphatic heterocycles. The lowest BCUT2D eigenvalue weighted by Gasteiger charge is -2.08. The Morgan fingerprint density at radius 3 is 2.93 bits per heavy atom. The van der Waals surface area contributed by atoms with E-state index < -0.39 is 0 Å². The summed E-state index contributed by atoms with van der Waals surface area (Å²) < 4.78 is 5.45. The van der Waals surface area contributed by atoms with Crippen LogP contribution in [0.5, 0.6) is 0 Å². The molecule has 0 saturated heterocycles. The van der Waals surface area contributed by atoms with Crippen LogP contribution in [0.1, 0.15) is 39.0 Å². The molecule has 0 atom stereocenters. The highest BCUT2D eigenvalue weighted by Crippen LogP contribution is 2.09. The minimum atomic E-state index is 0.135. The molecule has 1 aliphatic rings. The van der Waals surface area contributed by atoms with Gasteiger partial charge in [-0.2, -0.15) is 0 Å². The van der Waals surface area contributed by atoms with Crippen molar-refractivity contribution in [2.24, 2.45) is 0 Å². The monoisotopic (exact) mass is 194 g/mol. The van der Waals surface area contributed by atoms with Crippen LogP contribution in [-0.4, -0.2) is 12.4 Å². The van der Waals surface area contributed by atoms with E-state index in [-0.39, 0.29) is 5.78 Å². The fraction of sp³-hybridized carbons (Fsp3) is 0.583. The lowest BCUT2D eigenvalue weighted by molar-refractivity contribution is -0.114. The molecule has 0 aromatic heterocycles. The normalized spacial score (nSPS) is 15.5. The third-order valence-corrected chi connectivity index (χ3v) is 2.17. The topological polar surface area (TPSA) is 26.3 Å². The fourth-order valence-electron chi connectivity index (χ4n) is 1.37. The average Bonchev–Trinajstić information content (AvgIpc) is 2.18. The summed E-state index contributed by atoms with van der Waals surface area (Å²) in [4.78, 5) is 11.0. The highest BCUT2D eigenvalue weighted by molar-refractivity contribution is 5.92. The molecule has 0 fully saturated rings. The summed E-state index contributed by atoms with van der Waals surface area (Å²) >= 11 is 0. The first-order valence-electron chi connectivity index (χ1n) is 5.37. The maximum absolute atomic E-state index is 11.0. The SMILES string of the molecule is CCCCCCOC1=CC(=O)CC=C1. The Kier molecular flexibility index (Phi) is 5.05. The van der Waals surface area contributed by atoms with E-state index in [0.717, 1.165) is 18.8 Å². The molecule has 0 aromatic rings. The van der Waals surface area contributed by atoms with Crippen molar-refractivity contribution >= 4 is 5.78 Å². The second kappa shape index (κ2) is 6.41. The summed E-state index contributed by atoms with van der Waals surface area (Å²) in [5.74, 6) is 0.855. The smallest absolute Gasteiger partial charge is 0.163 e. The number of carbonyl (C=O) groups excluding carboxylic acids is 1. The Labute approximate surface area is 85.6 Å². The maximum Gasteiger partial charge on any atom is 0.163 e. The molecule has 0 saturated carbocycles. The van der Waals surface area contributed by atoms with E-state index in [4.69, 9.17) is 4.74 Å². The first-order valence-corrected chi connectivity index (χ1v) is 5.37. The van der Waals surface area contributed by atoms with E-state index in [1.807, 2.05) is 12.2 Å². The van der Waals surface area contributed by atoms with Crippen LogP contribution in [0.4, 0.5) is 0 Å². The third kappa shape index (κ3) is 4.26. The van der Waals surface area contributed by atoms with E-state index in [2.05, 4.69) is 6.92 Å². The minimum Gasteiger partial charge on any atom is -0.493 e. The lowest BCUT2D eigenvalue weighted by Crippen LogP contribution is -2.01. The molecule has 78 valence electrons. The molecule has 0 amide bonds. The zero-order valence-corrected chi connectivity index (χ0v) is 8.79. The summed E-state index contributed by atoms with van der Waals surface area (Å²) in [6, 6.07) is 0. The molecule has 0 bridgehead atoms. The van der Waals surface area contributed by atoms with Crippen LogP contribution in [0.15, 0.2) is 24.0 Å². The molecule has 0 N–H and O–H groups in total. The summed E-state index contributed by atoms with van der Waals surface area (Å²) in [6.45, 7) is 2.91. The van der Waals surface area contributed by atoms with Crippen molar-refractivity contribution in [3.63, 3.8) is 0 Å². The summed E-state index contributed by atoms with van der Waals surface area (Å²) in [5, 5.41) is 0. The van der Waals surface area contributed by atoms with Crippen molar-refractivity contribution in [1.29, 1.82) is 0 Å². The second-order valence-electron chi connectivity index (χ2n) is 3.53. The van der Waals surface area contributed by atoms with Gasteiger partial charge in [0.1, 0.15) is 5.76 Å². The molecular formula is C12H18O2. The van der Waals surface area contributed by atoms with Crippen molar-refractivity contribution in [2.75, 3.05) is 6.61 Å². The van der Waals surface area contributed by atoms with Crippen molar-refractivity contribution in [2.45, 2.75) is 39.0 Å². The van der Waals surface area contributed by atoms with Gasteiger partial charge >= 0.3 is 0 Å². The van der Waals surface area contributed by atoms with Gasteiger partial charge in [0.05, 0.1) is 6.61 Å². The predicted octanol–water partition coefficient (Wildman–Crippen LogP) is 3.00. The molecule has 0 heterocycles. The van der Waals surface area contributed by atoms with Crippen LogP contribution in [0.2, 0.25) is 0 Å². The zero-order valence-electron chi connectivity index (χ0n) is 8.79. The lowest BCUT2D eigenvalue weighted by atomic mass is 10.1. The van der Waals surface area contributed by atoms with Gasteiger partial charge in [0.15, 0.2) is 5.78 Å². The van der Waals surface area contributed by atoms with Gasteiger partial charge in [0.2, 0.25) is 0 Å². The number of hydrogen-bond acceptors (Lipinski definition) is 2. The minimum absolute atomic E-state index is 0.135. The first-order chi connectivity index (χ1) is 6.83. The predicted molar refractivity (Wildman–Crippen MR) is 56.9 cm³/mol. The molecule has 0 radical (unpaired) electrons. The number of unbranched alkanes of at least 4 members (excludes halogenated alkanes) is 3. The van der Waals surface area contributed by atoms with Gasteiger partial charge < -0.3 is 4.74 Å². The van der Waals surface area contributed by atoms with Crippen LogP contribution < -0.4 is 0 Å². The Morgan fingerprint density at radius 1 is 1.36 bits per heavy atom. The molecule has 2 nitrogen and oxygen atoms in total. The molecule has 1 rings (SSSR count). The van der Waals surface area contributed by atoms with Crippen LogP contribution in [0.25, 0.3) is 0 Å². The summed E-state index contributed by atoms with van der Waals surface area (Å²) in [6.07, 6.45) is 10.6. The van der Waals surface area contributed by atoms with E-state index in [1.54, 1.807) is 6.08 Å². The average molecular weight is 194 g/mol. The molecule has 0 spiro atoms. The van der Waals surface area contributed by atoms with E-state index in [0.29, 0.717) is 6.42 Å². The third-order valence-electron chi connectivity index (χ3n) is 2.17. The fourth-order valence-corrected chi connectivity index (χ4v) is 1.37. The first kappa shape index (κ1) is 11.0. The number of ketones is 1. The number of ether oxygens (including phenoxy) is 1. The van der Waals surface area contributed by atoms with Gasteiger partial charge in [-0.15, -0.1) is 0 Å². The van der Waals surface area contributed by atoms with Crippen molar-refractivity contribution in [1.82, 2.24) is 0 Å². The van der Waals surface area contributed by atoms with Crippen LogP contribution in [0.3, 0.4) is 0 Å². The Balaban J connectivity index is 2.12. The van der Waals surface area contributed by atoms with Gasteiger partial charge in [-0.05, 0) is 12.5 Å². The van der Waals surface area contributed by atoms with Gasteiger partial charge in [0.25, 0.3) is 0 Å². The molecule has 2 heteroatoms. The Morgan fingerprint density at radius 2 is 2.21 bits per heavy atom. The standard InChI is InChI=1S/C12H18O2/c1-2-3-4-5-9-14-12-8-6-7-11(13)10-12/h6,8,10H,2-5,7,9H2,1H3. The number of hydrogen-bond donors (Lipinski definition) is 0. The molecule has 0 aromatic carbocycles. The maximum atomic E-state index is 11.0. The highest BCUT2D eigenvalue weighted by atomic mass is 16.5. The molecular weight excluding hydrogens is 176 g/mol. The summed E-state index contributed by atoms with van der Waals surface area (Å²) in [7, 11) is 0. The number of allylic oxidation sites excluding steroid dienone is 3. The van der Waals surface area contributed by atoms with Crippen molar-refractivity contribution < 1.29 is 9.53 Å². The highest BCUT2D eigenvalue weighted by Gasteiger charge is 2.04. The molecule has 1 aliphatic carbocycles. The van der Waals surface area contributed by atoms with E-state index in [1.165, 1.54) is 19.3 Å². The van der Waals surface area contributed by atoms with Gasteiger partial charge in [-0.1, -0.05) is 32.3 Å². The zero-order chi connectivity index (χ0) is 10.2. The molecule has 0 unspecified atom stereocenters. The van der Waals surface area contributed by atoms with Crippen molar-refractivity contribution in [3.8, 4) is 0 Å². The Bertz CT molecular complexity index is 239.